The van der Waals surface area contributed by atoms with Gasteiger partial charge in [-0.1, -0.05) is 66.2 Å². The first-order chi connectivity index (χ1) is 11.8. The number of rotatable bonds is 1. The van der Waals surface area contributed by atoms with Crippen molar-refractivity contribution in [3.05, 3.63) is 101 Å². The number of aromatic nitrogens is 1. The van der Waals surface area contributed by atoms with Crippen LogP contribution in [0.4, 0.5) is 0 Å². The molecule has 4 aromatic rings. The minimum absolute atomic E-state index is 1.24. The highest BCUT2D eigenvalue weighted by atomic mass is 15.0. The van der Waals surface area contributed by atoms with Gasteiger partial charge in [0, 0.05) is 17.1 Å². The maximum atomic E-state index is 2.33. The molecule has 5 rings (SSSR count). The van der Waals surface area contributed by atoms with Gasteiger partial charge in [-0.15, -0.1) is 0 Å². The molecule has 24 heavy (non-hydrogen) atoms. The first-order valence-electron chi connectivity index (χ1n) is 8.30. The topological polar surface area (TPSA) is 4.93 Å². The fourth-order valence-electron chi connectivity index (χ4n) is 3.73. The fourth-order valence-corrected chi connectivity index (χ4v) is 3.73. The van der Waals surface area contributed by atoms with Gasteiger partial charge in [0.15, 0.2) is 0 Å². The van der Waals surface area contributed by atoms with Crippen LogP contribution in [0.2, 0.25) is 0 Å². The van der Waals surface area contributed by atoms with Gasteiger partial charge in [-0.2, -0.15) is 0 Å². The maximum Gasteiger partial charge on any atom is 0.0607 e. The highest BCUT2D eigenvalue weighted by Gasteiger charge is 2.18. The Hall–Kier alpha value is -3.06. The highest BCUT2D eigenvalue weighted by molar-refractivity contribution is 6.04. The lowest BCUT2D eigenvalue weighted by Crippen LogP contribution is -1.94. The number of hydrogen-bond donors (Lipinski definition) is 0. The van der Waals surface area contributed by atoms with Gasteiger partial charge in [0.05, 0.1) is 11.2 Å². The lowest BCUT2D eigenvalue weighted by molar-refractivity contribution is 1.12. The van der Waals surface area contributed by atoms with Crippen LogP contribution in [0.3, 0.4) is 0 Å². The summed E-state index contributed by atoms with van der Waals surface area (Å²) in [7, 11) is 0. The molecule has 0 fully saturated rings. The van der Waals surface area contributed by atoms with E-state index in [0.29, 0.717) is 0 Å². The third-order valence-corrected chi connectivity index (χ3v) is 4.83. The van der Waals surface area contributed by atoms with Crippen LogP contribution in [0, 0.1) is 6.92 Å². The van der Waals surface area contributed by atoms with Gasteiger partial charge in [-0.3, -0.25) is 0 Å². The molecule has 0 spiro atoms. The van der Waals surface area contributed by atoms with Crippen LogP contribution in [-0.4, -0.2) is 4.57 Å². The summed E-state index contributed by atoms with van der Waals surface area (Å²) >= 11 is 0. The first kappa shape index (κ1) is 13.4. The van der Waals surface area contributed by atoms with Crippen LogP contribution in [-0.2, 0) is 0 Å². The number of fused-ring (bicyclic) bond motifs is 2. The normalized spacial score (nSPS) is 12.6. The molecule has 0 amide bonds. The summed E-state index contributed by atoms with van der Waals surface area (Å²) < 4.78 is 2.32. The summed E-state index contributed by atoms with van der Waals surface area (Å²) in [5, 5.41) is 1.28. The Morgan fingerprint density at radius 2 is 1.67 bits per heavy atom. The van der Waals surface area contributed by atoms with Gasteiger partial charge in [-0.25, -0.2) is 0 Å². The summed E-state index contributed by atoms with van der Waals surface area (Å²) in [6, 6.07) is 26.2. The molecule has 0 radical (unpaired) electrons. The van der Waals surface area contributed by atoms with Gasteiger partial charge in [0.1, 0.15) is 0 Å². The van der Waals surface area contributed by atoms with Crippen LogP contribution >= 0.6 is 0 Å². The van der Waals surface area contributed by atoms with Crippen molar-refractivity contribution in [2.24, 2.45) is 0 Å². The minimum Gasteiger partial charge on any atom is -0.315 e. The van der Waals surface area contributed by atoms with E-state index in [9.17, 15) is 0 Å². The Kier molecular flexibility index (Phi) is 2.77. The van der Waals surface area contributed by atoms with Gasteiger partial charge in [0.2, 0.25) is 0 Å². The molecule has 3 aromatic carbocycles. The Morgan fingerprint density at radius 1 is 0.792 bits per heavy atom. The average Bonchev–Trinajstić information content (AvgIpc) is 2.98. The lowest BCUT2D eigenvalue weighted by atomic mass is 9.94. The molecule has 1 aromatic heterocycles. The van der Waals surface area contributed by atoms with E-state index in [-0.39, 0.29) is 0 Å². The monoisotopic (exact) mass is 307 g/mol. The van der Waals surface area contributed by atoms with E-state index < -0.39 is 0 Å². The third kappa shape index (κ3) is 1.88. The van der Waals surface area contributed by atoms with Crippen LogP contribution in [0.15, 0.2) is 79.0 Å². The molecule has 1 nitrogen and oxygen atoms in total. The molecule has 114 valence electrons. The van der Waals surface area contributed by atoms with Gasteiger partial charge >= 0.3 is 0 Å². The SMILES string of the molecule is Cc1cccc(C2=Cc3ccccc3-n3ccc4cccc2c43)c1. The summed E-state index contributed by atoms with van der Waals surface area (Å²) in [5.74, 6) is 0. The van der Waals surface area contributed by atoms with Gasteiger partial charge in [-0.05, 0) is 41.8 Å². The summed E-state index contributed by atoms with van der Waals surface area (Å²) in [4.78, 5) is 0. The van der Waals surface area contributed by atoms with Crippen molar-refractivity contribution in [2.75, 3.05) is 0 Å². The lowest BCUT2D eigenvalue weighted by Gasteiger charge is -2.10. The molecule has 1 aliphatic heterocycles. The second-order valence-electron chi connectivity index (χ2n) is 6.42. The standard InChI is InChI=1S/C23H17N/c1-16-6-4-9-18(14-16)21-15-19-7-2-3-11-22(19)24-13-12-17-8-5-10-20(21)23(17)24/h2-15H,1H3. The van der Waals surface area contributed by atoms with E-state index in [1.54, 1.807) is 0 Å². The first-order valence-corrected chi connectivity index (χ1v) is 8.30. The summed E-state index contributed by atoms with van der Waals surface area (Å²) in [6.45, 7) is 2.15. The van der Waals surface area contributed by atoms with Crippen LogP contribution in [0.5, 0.6) is 0 Å². The second kappa shape index (κ2) is 4.97. The van der Waals surface area contributed by atoms with E-state index >= 15 is 0 Å². The quantitative estimate of drug-likeness (QED) is 0.366. The number of aryl methyl sites for hydroxylation is 1. The van der Waals surface area contributed by atoms with Crippen LogP contribution in [0.25, 0.3) is 28.2 Å². The molecule has 0 unspecified atom stereocenters. The van der Waals surface area contributed by atoms with E-state index in [4.69, 9.17) is 0 Å². The number of nitrogens with zero attached hydrogens (tertiary/aromatic N) is 1. The fraction of sp³-hybridized carbons (Fsp3) is 0.0435. The molecule has 0 aliphatic carbocycles. The van der Waals surface area contributed by atoms with Crippen molar-refractivity contribution in [3.8, 4) is 5.69 Å². The number of hydrogen-bond acceptors (Lipinski definition) is 0. The summed E-state index contributed by atoms with van der Waals surface area (Å²) in [5.41, 5.74) is 8.91. The molecule has 0 saturated carbocycles. The zero-order chi connectivity index (χ0) is 16.1. The molecule has 0 bridgehead atoms. The molecule has 1 aliphatic rings. The van der Waals surface area contributed by atoms with Gasteiger partial charge in [0.25, 0.3) is 0 Å². The molecular weight excluding hydrogens is 290 g/mol. The Bertz CT molecular complexity index is 1110. The Morgan fingerprint density at radius 3 is 2.58 bits per heavy atom. The zero-order valence-corrected chi connectivity index (χ0v) is 13.5. The Labute approximate surface area is 141 Å². The zero-order valence-electron chi connectivity index (χ0n) is 13.5. The predicted octanol–water partition coefficient (Wildman–Crippen LogP) is 5.84. The average molecular weight is 307 g/mol. The van der Waals surface area contributed by atoms with E-state index in [0.717, 1.165) is 0 Å². The van der Waals surface area contributed by atoms with Crippen molar-refractivity contribution in [2.45, 2.75) is 6.92 Å². The van der Waals surface area contributed by atoms with Crippen molar-refractivity contribution < 1.29 is 0 Å². The van der Waals surface area contributed by atoms with E-state index in [1.807, 2.05) is 0 Å². The van der Waals surface area contributed by atoms with E-state index in [2.05, 4.69) is 96.6 Å². The van der Waals surface area contributed by atoms with E-state index in [1.165, 1.54) is 44.4 Å². The minimum atomic E-state index is 1.24. The molecule has 0 atom stereocenters. The predicted molar refractivity (Wildman–Crippen MR) is 101 cm³/mol. The summed E-state index contributed by atoms with van der Waals surface area (Å²) in [6.07, 6.45) is 4.51. The van der Waals surface area contributed by atoms with Crippen molar-refractivity contribution in [1.29, 1.82) is 0 Å². The molecule has 0 saturated heterocycles. The maximum absolute atomic E-state index is 2.33. The highest BCUT2D eigenvalue weighted by Crippen LogP contribution is 2.37. The van der Waals surface area contributed by atoms with Crippen LogP contribution in [0.1, 0.15) is 22.3 Å². The van der Waals surface area contributed by atoms with Crippen molar-refractivity contribution in [3.63, 3.8) is 0 Å². The Balaban J connectivity index is 1.93. The van der Waals surface area contributed by atoms with Crippen molar-refractivity contribution >= 4 is 22.6 Å². The molecule has 0 N–H and O–H groups in total. The molecular formula is C23H17N. The number of benzene rings is 3. The molecule has 2 heterocycles. The van der Waals surface area contributed by atoms with Crippen LogP contribution < -0.4 is 0 Å². The number of para-hydroxylation sites is 2. The molecule has 1 heteroatoms. The largest absolute Gasteiger partial charge is 0.315 e. The van der Waals surface area contributed by atoms with Crippen molar-refractivity contribution in [1.82, 2.24) is 4.57 Å². The smallest absolute Gasteiger partial charge is 0.0607 e. The second-order valence-corrected chi connectivity index (χ2v) is 6.42. The third-order valence-electron chi connectivity index (χ3n) is 4.83. The van der Waals surface area contributed by atoms with Gasteiger partial charge < -0.3 is 4.57 Å².